The number of halogens is 1. The second kappa shape index (κ2) is 5.66. The van der Waals surface area contributed by atoms with Gasteiger partial charge in [0.25, 0.3) is 5.69 Å². The maximum Gasteiger partial charge on any atom is 0.269 e. The topological polar surface area (TPSA) is 69.2 Å². The van der Waals surface area contributed by atoms with E-state index in [1.165, 1.54) is 6.07 Å². The van der Waals surface area contributed by atoms with Crippen molar-refractivity contribution in [2.24, 2.45) is 5.73 Å². The number of benzene rings is 2. The van der Waals surface area contributed by atoms with Crippen LogP contribution in [-0.2, 0) is 0 Å². The normalized spacial score (nSPS) is 12.2. The Hall–Kier alpha value is -1.47. The number of aryl methyl sites for hydroxylation is 1. The Morgan fingerprint density at radius 1 is 1.21 bits per heavy atom. The van der Waals surface area contributed by atoms with Crippen LogP contribution in [0.2, 0.25) is 0 Å². The molecule has 0 bridgehead atoms. The second-order valence-corrected chi connectivity index (χ2v) is 5.57. The van der Waals surface area contributed by atoms with Crippen molar-refractivity contribution < 1.29 is 4.92 Å². The minimum absolute atomic E-state index is 0.0709. The third kappa shape index (κ3) is 3.10. The molecule has 2 rings (SSSR count). The van der Waals surface area contributed by atoms with Crippen LogP contribution in [0.3, 0.4) is 0 Å². The minimum Gasteiger partial charge on any atom is -0.320 e. The number of nitro groups is 1. The van der Waals surface area contributed by atoms with Crippen molar-refractivity contribution in [1.82, 2.24) is 0 Å². The van der Waals surface area contributed by atoms with Crippen LogP contribution in [0.25, 0.3) is 0 Å². The monoisotopic (exact) mass is 368 g/mol. The van der Waals surface area contributed by atoms with Gasteiger partial charge in [-0.25, -0.2) is 0 Å². The maximum absolute atomic E-state index is 10.8. The fourth-order valence-electron chi connectivity index (χ4n) is 1.93. The molecule has 19 heavy (non-hydrogen) atoms. The van der Waals surface area contributed by atoms with Gasteiger partial charge in [0.15, 0.2) is 0 Å². The molecule has 0 saturated heterocycles. The number of nitrogens with zero attached hydrogens (tertiary/aromatic N) is 1. The summed E-state index contributed by atoms with van der Waals surface area (Å²) in [4.78, 5) is 10.4. The van der Waals surface area contributed by atoms with Gasteiger partial charge < -0.3 is 5.73 Å². The molecule has 1 unspecified atom stereocenters. The Morgan fingerprint density at radius 3 is 2.42 bits per heavy atom. The summed E-state index contributed by atoms with van der Waals surface area (Å²) in [5, 5.41) is 10.8. The Bertz CT molecular complexity index is 611. The molecule has 0 fully saturated rings. The highest BCUT2D eigenvalue weighted by atomic mass is 127. The Kier molecular flexibility index (Phi) is 4.16. The average Bonchev–Trinajstić information content (AvgIpc) is 2.39. The van der Waals surface area contributed by atoms with Gasteiger partial charge in [-0.1, -0.05) is 18.2 Å². The fraction of sp³-hybridized carbons (Fsp3) is 0.143. The van der Waals surface area contributed by atoms with Crippen molar-refractivity contribution in [1.29, 1.82) is 0 Å². The van der Waals surface area contributed by atoms with Gasteiger partial charge in [0, 0.05) is 15.7 Å². The average molecular weight is 368 g/mol. The van der Waals surface area contributed by atoms with Crippen LogP contribution in [0.1, 0.15) is 22.7 Å². The Balaban J connectivity index is 2.42. The predicted octanol–water partition coefficient (Wildman–Crippen LogP) is 3.56. The van der Waals surface area contributed by atoms with Crippen molar-refractivity contribution in [3.05, 3.63) is 72.8 Å². The van der Waals surface area contributed by atoms with E-state index in [2.05, 4.69) is 22.6 Å². The molecule has 1 atom stereocenters. The fourth-order valence-corrected chi connectivity index (χ4v) is 2.29. The molecular formula is C14H13IN2O2. The van der Waals surface area contributed by atoms with Crippen LogP contribution >= 0.6 is 22.6 Å². The zero-order valence-corrected chi connectivity index (χ0v) is 12.5. The summed E-state index contributed by atoms with van der Waals surface area (Å²) < 4.78 is 1.13. The number of hydrogen-bond donors (Lipinski definition) is 1. The van der Waals surface area contributed by atoms with Crippen molar-refractivity contribution in [3.8, 4) is 0 Å². The van der Waals surface area contributed by atoms with Crippen molar-refractivity contribution in [2.75, 3.05) is 0 Å². The van der Waals surface area contributed by atoms with E-state index < -0.39 is 4.92 Å². The highest BCUT2D eigenvalue weighted by molar-refractivity contribution is 14.1. The lowest BCUT2D eigenvalue weighted by atomic mass is 9.95. The van der Waals surface area contributed by atoms with Crippen molar-refractivity contribution in [2.45, 2.75) is 13.0 Å². The molecule has 2 aromatic carbocycles. The summed E-state index contributed by atoms with van der Waals surface area (Å²) in [5.41, 5.74) is 8.97. The molecule has 4 nitrogen and oxygen atoms in total. The summed E-state index contributed by atoms with van der Waals surface area (Å²) in [6.45, 7) is 1.91. The van der Waals surface area contributed by atoms with E-state index in [-0.39, 0.29) is 11.7 Å². The molecule has 5 heteroatoms. The Labute approximate surface area is 124 Å². The first-order valence-corrected chi connectivity index (χ1v) is 6.83. The van der Waals surface area contributed by atoms with Gasteiger partial charge in [-0.05, 0) is 58.3 Å². The van der Waals surface area contributed by atoms with E-state index in [4.69, 9.17) is 5.73 Å². The molecule has 0 aliphatic carbocycles. The lowest BCUT2D eigenvalue weighted by molar-refractivity contribution is -0.384. The molecule has 0 radical (unpaired) electrons. The van der Waals surface area contributed by atoms with Gasteiger partial charge >= 0.3 is 0 Å². The van der Waals surface area contributed by atoms with Crippen LogP contribution in [0.5, 0.6) is 0 Å². The molecule has 0 spiro atoms. The minimum atomic E-state index is -0.399. The number of hydrogen-bond acceptors (Lipinski definition) is 3. The van der Waals surface area contributed by atoms with Crippen molar-refractivity contribution >= 4 is 28.3 Å². The van der Waals surface area contributed by atoms with E-state index in [1.807, 2.05) is 31.2 Å². The molecular weight excluding hydrogens is 355 g/mol. The first-order chi connectivity index (χ1) is 8.99. The molecule has 2 N–H and O–H groups in total. The zero-order valence-electron chi connectivity index (χ0n) is 10.3. The third-order valence-electron chi connectivity index (χ3n) is 3.04. The predicted molar refractivity (Wildman–Crippen MR) is 83.0 cm³/mol. The summed E-state index contributed by atoms with van der Waals surface area (Å²) in [5.74, 6) is 0. The SMILES string of the molecule is Cc1ccc([N+](=O)[O-])cc1C(N)c1ccc(I)cc1. The van der Waals surface area contributed by atoms with Gasteiger partial charge in [0.05, 0.1) is 11.0 Å². The van der Waals surface area contributed by atoms with E-state index in [9.17, 15) is 10.1 Å². The van der Waals surface area contributed by atoms with Crippen LogP contribution in [0.15, 0.2) is 42.5 Å². The number of non-ortho nitro benzene ring substituents is 1. The maximum atomic E-state index is 10.8. The second-order valence-electron chi connectivity index (χ2n) is 4.33. The standard InChI is InChI=1S/C14H13IN2O2/c1-9-2-7-12(17(18)19)8-13(9)14(16)10-3-5-11(15)6-4-10/h2-8,14H,16H2,1H3. The molecule has 98 valence electrons. The first kappa shape index (κ1) is 14.0. The largest absolute Gasteiger partial charge is 0.320 e. The van der Waals surface area contributed by atoms with Crippen LogP contribution in [-0.4, -0.2) is 4.92 Å². The molecule has 2 aromatic rings. The van der Waals surface area contributed by atoms with E-state index in [0.717, 1.165) is 20.3 Å². The van der Waals surface area contributed by atoms with Gasteiger partial charge in [-0.3, -0.25) is 10.1 Å². The third-order valence-corrected chi connectivity index (χ3v) is 3.76. The molecule has 0 aliphatic rings. The molecule has 0 aromatic heterocycles. The van der Waals surface area contributed by atoms with Crippen molar-refractivity contribution in [3.63, 3.8) is 0 Å². The zero-order chi connectivity index (χ0) is 14.0. The van der Waals surface area contributed by atoms with E-state index in [1.54, 1.807) is 12.1 Å². The smallest absolute Gasteiger partial charge is 0.269 e. The summed E-state index contributed by atoms with van der Waals surface area (Å²) in [7, 11) is 0. The van der Waals surface area contributed by atoms with Gasteiger partial charge in [-0.2, -0.15) is 0 Å². The molecule has 0 aliphatic heterocycles. The van der Waals surface area contributed by atoms with E-state index >= 15 is 0 Å². The number of nitrogens with two attached hydrogens (primary N) is 1. The molecule has 0 heterocycles. The van der Waals surface area contributed by atoms with Crippen LogP contribution < -0.4 is 5.73 Å². The number of nitro benzene ring substituents is 1. The Morgan fingerprint density at radius 2 is 1.84 bits per heavy atom. The van der Waals surface area contributed by atoms with Gasteiger partial charge in [0.2, 0.25) is 0 Å². The highest BCUT2D eigenvalue weighted by Crippen LogP contribution is 2.26. The summed E-state index contributed by atoms with van der Waals surface area (Å²) >= 11 is 2.23. The van der Waals surface area contributed by atoms with Gasteiger partial charge in [0.1, 0.15) is 0 Å². The van der Waals surface area contributed by atoms with Crippen LogP contribution in [0, 0.1) is 20.6 Å². The van der Waals surface area contributed by atoms with Gasteiger partial charge in [-0.15, -0.1) is 0 Å². The lowest BCUT2D eigenvalue weighted by Crippen LogP contribution is -2.13. The quantitative estimate of drug-likeness (QED) is 0.512. The summed E-state index contributed by atoms with van der Waals surface area (Å²) in [6, 6.07) is 12.3. The van der Waals surface area contributed by atoms with Crippen LogP contribution in [0.4, 0.5) is 5.69 Å². The molecule has 0 saturated carbocycles. The molecule has 0 amide bonds. The van der Waals surface area contributed by atoms with E-state index in [0.29, 0.717) is 0 Å². The summed E-state index contributed by atoms with van der Waals surface area (Å²) in [6.07, 6.45) is 0. The lowest BCUT2D eigenvalue weighted by Gasteiger charge is -2.15. The first-order valence-electron chi connectivity index (χ1n) is 5.75. The number of rotatable bonds is 3. The highest BCUT2D eigenvalue weighted by Gasteiger charge is 2.15.